The van der Waals surface area contributed by atoms with Crippen LogP contribution in [0.4, 0.5) is 15.8 Å². The highest BCUT2D eigenvalue weighted by molar-refractivity contribution is 6.13. The van der Waals surface area contributed by atoms with Crippen molar-refractivity contribution in [3.8, 4) is 17.0 Å². The molecule has 2 amide bonds. The third-order valence-electron chi connectivity index (χ3n) is 10.7. The summed E-state index contributed by atoms with van der Waals surface area (Å²) < 4.78 is 24.4. The number of phenolic OH excluding ortho intramolecular Hbond substituents is 1. The van der Waals surface area contributed by atoms with Crippen LogP contribution in [0.3, 0.4) is 0 Å². The lowest BCUT2D eigenvalue weighted by molar-refractivity contribution is 0.0193. The molecule has 4 heterocycles. The van der Waals surface area contributed by atoms with Crippen molar-refractivity contribution in [2.45, 2.75) is 25.9 Å². The number of phenols is 1. The number of hydrogen-bond donors (Lipinski definition) is 1. The molecule has 0 unspecified atom stereocenters. The Morgan fingerprint density at radius 2 is 1.63 bits per heavy atom. The number of fused-ring (bicyclic) bond motifs is 2. The van der Waals surface area contributed by atoms with Crippen LogP contribution in [-0.2, 0) is 31.8 Å². The Bertz CT molecular complexity index is 2350. The SMILES string of the molecule is Cc1c(C(=O)N(c2ccc(O)cc2)c2ccc3c(cnn3C)c2)cc(-c2cc(F)ccc2C(=O)N2Cc3ccccc3C[C@H]2CN2CCOCC2)n1C.Cl. The third-order valence-corrected chi connectivity index (χ3v) is 10.7. The number of hydrogen-bond acceptors (Lipinski definition) is 6. The van der Waals surface area contributed by atoms with E-state index < -0.39 is 5.82 Å². The van der Waals surface area contributed by atoms with E-state index in [1.807, 2.05) is 60.8 Å². The van der Waals surface area contributed by atoms with Crippen LogP contribution >= 0.6 is 12.4 Å². The van der Waals surface area contributed by atoms with Gasteiger partial charge in [0, 0.05) is 79.9 Å². The van der Waals surface area contributed by atoms with E-state index in [0.717, 1.165) is 36.0 Å². The highest BCUT2D eigenvalue weighted by Crippen LogP contribution is 2.36. The molecule has 0 radical (unpaired) electrons. The highest BCUT2D eigenvalue weighted by Gasteiger charge is 2.34. The van der Waals surface area contributed by atoms with Crippen LogP contribution in [0.5, 0.6) is 5.75 Å². The maximum absolute atomic E-state index is 15.2. The summed E-state index contributed by atoms with van der Waals surface area (Å²) in [5.41, 5.74) is 6.79. The topological polar surface area (TPSA) is 96.1 Å². The number of carbonyl (C=O) groups is 2. The Balaban J connectivity index is 0.00000450. The Kier molecular flexibility index (Phi) is 10.3. The number of benzene rings is 4. The molecule has 1 fully saturated rings. The molecule has 6 aromatic rings. The van der Waals surface area contributed by atoms with Gasteiger partial charge in [0.05, 0.1) is 36.2 Å². The summed E-state index contributed by atoms with van der Waals surface area (Å²) in [7, 11) is 3.69. The van der Waals surface area contributed by atoms with Crippen LogP contribution in [-0.4, -0.2) is 80.0 Å². The molecule has 1 saturated heterocycles. The number of nitrogens with zero attached hydrogens (tertiary/aromatic N) is 6. The molecule has 54 heavy (non-hydrogen) atoms. The normalized spacial score (nSPS) is 15.9. The molecule has 10 nitrogen and oxygen atoms in total. The summed E-state index contributed by atoms with van der Waals surface area (Å²) in [4.78, 5) is 35.4. The van der Waals surface area contributed by atoms with Crippen molar-refractivity contribution in [3.05, 3.63) is 131 Å². The van der Waals surface area contributed by atoms with Gasteiger partial charge in [-0.3, -0.25) is 24.1 Å². The van der Waals surface area contributed by atoms with E-state index in [1.165, 1.54) is 29.8 Å². The largest absolute Gasteiger partial charge is 0.508 e. The van der Waals surface area contributed by atoms with Crippen LogP contribution < -0.4 is 4.90 Å². The van der Waals surface area contributed by atoms with Crippen molar-refractivity contribution in [1.82, 2.24) is 24.1 Å². The predicted molar refractivity (Wildman–Crippen MR) is 209 cm³/mol. The van der Waals surface area contributed by atoms with Gasteiger partial charge in [0.1, 0.15) is 11.6 Å². The van der Waals surface area contributed by atoms with Crippen molar-refractivity contribution >= 4 is 46.5 Å². The first-order valence-corrected chi connectivity index (χ1v) is 17.9. The average Bonchev–Trinajstić information content (AvgIpc) is 3.69. The minimum atomic E-state index is -0.479. The molecule has 0 aliphatic carbocycles. The van der Waals surface area contributed by atoms with Gasteiger partial charge in [-0.25, -0.2) is 4.39 Å². The van der Waals surface area contributed by atoms with E-state index in [1.54, 1.807) is 40.0 Å². The molecule has 4 aromatic carbocycles. The van der Waals surface area contributed by atoms with Crippen LogP contribution in [0.2, 0.25) is 0 Å². The van der Waals surface area contributed by atoms with Crippen LogP contribution in [0, 0.1) is 12.7 Å². The van der Waals surface area contributed by atoms with Crippen molar-refractivity contribution in [3.63, 3.8) is 0 Å². The lowest BCUT2D eigenvalue weighted by Gasteiger charge is -2.40. The molecule has 0 spiro atoms. The highest BCUT2D eigenvalue weighted by atomic mass is 35.5. The van der Waals surface area contributed by atoms with Gasteiger partial charge in [0.25, 0.3) is 11.8 Å². The van der Waals surface area contributed by atoms with Gasteiger partial charge in [-0.2, -0.15) is 5.10 Å². The van der Waals surface area contributed by atoms with Gasteiger partial charge in [-0.1, -0.05) is 24.3 Å². The summed E-state index contributed by atoms with van der Waals surface area (Å²) in [6.45, 7) is 5.93. The smallest absolute Gasteiger partial charge is 0.264 e. The minimum Gasteiger partial charge on any atom is -0.508 e. The molecule has 2 aliphatic rings. The second-order valence-corrected chi connectivity index (χ2v) is 13.9. The van der Waals surface area contributed by atoms with E-state index in [0.29, 0.717) is 65.8 Å². The molecular formula is C42H42ClFN6O4. The molecule has 8 rings (SSSR count). The molecular weight excluding hydrogens is 707 g/mol. The zero-order valence-corrected chi connectivity index (χ0v) is 31.2. The number of aryl methyl sites for hydroxylation is 1. The summed E-state index contributed by atoms with van der Waals surface area (Å²) in [5.74, 6) is -0.905. The molecule has 12 heteroatoms. The summed E-state index contributed by atoms with van der Waals surface area (Å²) in [6, 6.07) is 26.3. The fourth-order valence-corrected chi connectivity index (χ4v) is 7.71. The van der Waals surface area contributed by atoms with Gasteiger partial charge in [-0.05, 0) is 91.2 Å². The quantitative estimate of drug-likeness (QED) is 0.189. The average molecular weight is 749 g/mol. The molecule has 2 aliphatic heterocycles. The molecule has 0 saturated carbocycles. The van der Waals surface area contributed by atoms with Gasteiger partial charge in [0.2, 0.25) is 0 Å². The minimum absolute atomic E-state index is 0. The second kappa shape index (κ2) is 15.1. The van der Waals surface area contributed by atoms with E-state index in [2.05, 4.69) is 22.1 Å². The number of rotatable bonds is 7. The molecule has 1 atom stereocenters. The van der Waals surface area contributed by atoms with E-state index in [-0.39, 0.29) is 36.0 Å². The maximum atomic E-state index is 15.2. The number of carbonyl (C=O) groups excluding carboxylic acids is 2. The number of aromatic hydroxyl groups is 1. The van der Waals surface area contributed by atoms with Gasteiger partial charge < -0.3 is 19.3 Å². The summed E-state index contributed by atoms with van der Waals surface area (Å²) in [5, 5.41) is 15.3. The molecule has 1 N–H and O–H groups in total. The Morgan fingerprint density at radius 1 is 0.907 bits per heavy atom. The van der Waals surface area contributed by atoms with Crippen molar-refractivity contribution in [2.75, 3.05) is 37.7 Å². The predicted octanol–water partition coefficient (Wildman–Crippen LogP) is 7.03. The van der Waals surface area contributed by atoms with Crippen molar-refractivity contribution in [1.29, 1.82) is 0 Å². The number of amides is 2. The molecule has 2 aromatic heterocycles. The van der Waals surface area contributed by atoms with Gasteiger partial charge in [0.15, 0.2) is 0 Å². The number of halogens is 2. The van der Waals surface area contributed by atoms with Gasteiger partial charge >= 0.3 is 0 Å². The number of ether oxygens (including phenoxy) is 1. The lowest BCUT2D eigenvalue weighted by Crippen LogP contribution is -2.52. The number of aromatic nitrogens is 3. The summed E-state index contributed by atoms with van der Waals surface area (Å²) in [6.07, 6.45) is 2.47. The zero-order valence-electron chi connectivity index (χ0n) is 30.4. The molecule has 278 valence electrons. The summed E-state index contributed by atoms with van der Waals surface area (Å²) >= 11 is 0. The second-order valence-electron chi connectivity index (χ2n) is 13.9. The third kappa shape index (κ3) is 6.86. The van der Waals surface area contributed by atoms with E-state index in [9.17, 15) is 14.7 Å². The first kappa shape index (κ1) is 36.9. The number of morpholine rings is 1. The van der Waals surface area contributed by atoms with Crippen molar-refractivity contribution in [2.24, 2.45) is 14.1 Å². The first-order chi connectivity index (χ1) is 25.7. The first-order valence-electron chi connectivity index (χ1n) is 17.9. The lowest BCUT2D eigenvalue weighted by atomic mass is 9.92. The monoisotopic (exact) mass is 748 g/mol. The Labute approximate surface area is 319 Å². The van der Waals surface area contributed by atoms with E-state index >= 15 is 4.39 Å². The number of anilines is 2. The Morgan fingerprint density at radius 3 is 2.39 bits per heavy atom. The zero-order chi connectivity index (χ0) is 36.8. The van der Waals surface area contributed by atoms with Crippen LogP contribution in [0.1, 0.15) is 37.5 Å². The Hall–Kier alpha value is -5.49. The van der Waals surface area contributed by atoms with Gasteiger partial charge in [-0.15, -0.1) is 12.4 Å². The van der Waals surface area contributed by atoms with Crippen LogP contribution in [0.15, 0.2) is 97.2 Å². The van der Waals surface area contributed by atoms with E-state index in [4.69, 9.17) is 4.74 Å². The maximum Gasteiger partial charge on any atom is 0.264 e. The fraction of sp³-hybridized carbons (Fsp3) is 0.262. The fourth-order valence-electron chi connectivity index (χ4n) is 7.71. The standard InChI is InChI=1S/C42H41FN6O4.ClH/c1-27-37(42(52)49(32-9-12-35(50)13-10-32)33-11-15-39-30(21-33)24-44-46(39)3)23-40(45(27)2)38-22-31(43)8-14-36(38)41(51)48-25-29-7-5-4-6-28(29)20-34(48)26-47-16-18-53-19-17-47;/h4-15,21-24,34,50H,16-20,25-26H2,1-3H3;1H/t34-;/m0./s1. The molecule has 0 bridgehead atoms. The van der Waals surface area contributed by atoms with Crippen molar-refractivity contribution < 1.29 is 23.8 Å². The van der Waals surface area contributed by atoms with Crippen LogP contribution in [0.25, 0.3) is 22.2 Å².